The van der Waals surface area contributed by atoms with Crippen molar-refractivity contribution in [2.45, 2.75) is 31.3 Å². The molecule has 0 spiro atoms. The fourth-order valence-corrected chi connectivity index (χ4v) is 4.95. The summed E-state index contributed by atoms with van der Waals surface area (Å²) in [5.74, 6) is -0.181. The molecule has 3 aromatic rings. The first-order valence-electron chi connectivity index (χ1n) is 8.49. The number of hydrogen-bond donors (Lipinski definition) is 0. The molecule has 0 aliphatic carbocycles. The number of rotatable bonds is 1. The van der Waals surface area contributed by atoms with Gasteiger partial charge in [0.2, 0.25) is 0 Å². The first-order valence-corrected chi connectivity index (χ1v) is 8.49. The normalized spacial score (nSPS) is 26.0. The molecule has 3 nitrogen and oxygen atoms in total. The molecular formula is C20H20FN3. The minimum atomic E-state index is -0.181. The number of aromatic nitrogens is 2. The molecule has 2 aliphatic heterocycles. The van der Waals surface area contributed by atoms with E-state index in [1.54, 1.807) is 12.1 Å². The lowest BCUT2D eigenvalue weighted by Crippen LogP contribution is -2.40. The third-order valence-electron chi connectivity index (χ3n) is 5.70. The van der Waals surface area contributed by atoms with Crippen molar-refractivity contribution in [3.63, 3.8) is 0 Å². The predicted molar refractivity (Wildman–Crippen MR) is 92.6 cm³/mol. The van der Waals surface area contributed by atoms with Gasteiger partial charge >= 0.3 is 0 Å². The Hall–Kier alpha value is -2.20. The van der Waals surface area contributed by atoms with E-state index in [1.165, 1.54) is 22.2 Å². The third kappa shape index (κ3) is 1.77. The lowest BCUT2D eigenvalue weighted by Gasteiger charge is -2.36. The van der Waals surface area contributed by atoms with Gasteiger partial charge in [0.25, 0.3) is 0 Å². The second-order valence-electron chi connectivity index (χ2n) is 7.58. The highest BCUT2D eigenvalue weighted by atomic mass is 19.1. The highest BCUT2D eigenvalue weighted by molar-refractivity contribution is 5.84. The van der Waals surface area contributed by atoms with Crippen LogP contribution < -0.4 is 0 Å². The molecule has 0 fully saturated rings. The molecule has 2 aromatic heterocycles. The van der Waals surface area contributed by atoms with Crippen LogP contribution in [0.15, 0.2) is 42.6 Å². The fourth-order valence-electron chi connectivity index (χ4n) is 4.95. The predicted octanol–water partition coefficient (Wildman–Crippen LogP) is 3.87. The van der Waals surface area contributed by atoms with Crippen LogP contribution in [0.25, 0.3) is 11.0 Å². The molecule has 0 saturated heterocycles. The van der Waals surface area contributed by atoms with Gasteiger partial charge in [0.05, 0.1) is 6.04 Å². The molecule has 24 heavy (non-hydrogen) atoms. The summed E-state index contributed by atoms with van der Waals surface area (Å²) in [5, 5.41) is 1.26. The zero-order chi connectivity index (χ0) is 16.5. The van der Waals surface area contributed by atoms with E-state index < -0.39 is 0 Å². The molecule has 0 radical (unpaired) electrons. The Morgan fingerprint density at radius 2 is 2.00 bits per heavy atom. The number of nitrogens with zero attached hydrogens (tertiary/aromatic N) is 3. The molecule has 2 unspecified atom stereocenters. The summed E-state index contributed by atoms with van der Waals surface area (Å²) in [6.45, 7) is 4.38. The van der Waals surface area contributed by atoms with E-state index in [-0.39, 0.29) is 17.3 Å². The summed E-state index contributed by atoms with van der Waals surface area (Å²) in [5.41, 5.74) is 5.20. The molecule has 0 N–H and O–H groups in total. The summed E-state index contributed by atoms with van der Waals surface area (Å²) in [7, 11) is 2.19. The van der Waals surface area contributed by atoms with E-state index in [9.17, 15) is 4.39 Å². The molecule has 0 saturated carbocycles. The van der Waals surface area contributed by atoms with Crippen LogP contribution >= 0.6 is 0 Å². The minimum absolute atomic E-state index is 0.113. The Morgan fingerprint density at radius 3 is 2.79 bits per heavy atom. The van der Waals surface area contributed by atoms with E-state index in [4.69, 9.17) is 4.98 Å². The number of benzene rings is 1. The largest absolute Gasteiger partial charge is 0.321 e. The topological polar surface area (TPSA) is 21.1 Å². The van der Waals surface area contributed by atoms with Crippen molar-refractivity contribution < 1.29 is 4.39 Å². The Bertz CT molecular complexity index is 943. The molecule has 5 rings (SSSR count). The number of pyridine rings is 1. The zero-order valence-corrected chi connectivity index (χ0v) is 14.0. The maximum Gasteiger partial charge on any atom is 0.140 e. The van der Waals surface area contributed by atoms with Crippen molar-refractivity contribution in [3.8, 4) is 0 Å². The van der Waals surface area contributed by atoms with Gasteiger partial charge in [-0.2, -0.15) is 0 Å². The second kappa shape index (κ2) is 4.67. The van der Waals surface area contributed by atoms with Crippen LogP contribution in [-0.2, 0) is 12.0 Å². The van der Waals surface area contributed by atoms with Crippen LogP contribution in [0.1, 0.15) is 36.2 Å². The van der Waals surface area contributed by atoms with Gasteiger partial charge in [-0.1, -0.05) is 19.1 Å². The van der Waals surface area contributed by atoms with E-state index in [0.29, 0.717) is 0 Å². The maximum atomic E-state index is 13.4. The highest BCUT2D eigenvalue weighted by Gasteiger charge is 2.47. The van der Waals surface area contributed by atoms with Crippen LogP contribution in [0, 0.1) is 5.82 Å². The highest BCUT2D eigenvalue weighted by Crippen LogP contribution is 2.51. The number of hydrogen-bond acceptors (Lipinski definition) is 2. The molecule has 2 aliphatic rings. The molecule has 0 bridgehead atoms. The van der Waals surface area contributed by atoms with Crippen molar-refractivity contribution in [1.29, 1.82) is 0 Å². The van der Waals surface area contributed by atoms with Crippen molar-refractivity contribution in [1.82, 2.24) is 14.5 Å². The van der Waals surface area contributed by atoms with Crippen molar-refractivity contribution in [2.75, 3.05) is 13.6 Å². The van der Waals surface area contributed by atoms with Crippen molar-refractivity contribution in [2.24, 2.45) is 0 Å². The number of likely N-dealkylation sites (N-methyl/N-ethyl adjacent to an activating group) is 1. The summed E-state index contributed by atoms with van der Waals surface area (Å²) in [4.78, 5) is 7.11. The molecular weight excluding hydrogens is 301 g/mol. The van der Waals surface area contributed by atoms with Gasteiger partial charge in [0.15, 0.2) is 0 Å². The fraction of sp³-hybridized carbons (Fsp3) is 0.350. The SMILES string of the molecule is CN1Cc2c3n(c4ncccc24)C(c2ccc(F)cc2)CC3(C)C1. The molecule has 4 heteroatoms. The first kappa shape index (κ1) is 14.2. The third-order valence-corrected chi connectivity index (χ3v) is 5.70. The summed E-state index contributed by atoms with van der Waals surface area (Å²) in [6.07, 6.45) is 2.91. The zero-order valence-electron chi connectivity index (χ0n) is 14.0. The van der Waals surface area contributed by atoms with E-state index in [0.717, 1.165) is 25.2 Å². The molecule has 4 heterocycles. The van der Waals surface area contributed by atoms with E-state index in [2.05, 4.69) is 29.5 Å². The van der Waals surface area contributed by atoms with Crippen LogP contribution in [0.5, 0.6) is 0 Å². The van der Waals surface area contributed by atoms with E-state index in [1.807, 2.05) is 24.4 Å². The Morgan fingerprint density at radius 1 is 1.21 bits per heavy atom. The van der Waals surface area contributed by atoms with Gasteiger partial charge < -0.3 is 9.47 Å². The maximum absolute atomic E-state index is 13.4. The molecule has 2 atom stereocenters. The lowest BCUT2D eigenvalue weighted by molar-refractivity contribution is 0.223. The van der Waals surface area contributed by atoms with Gasteiger partial charge in [0, 0.05) is 35.8 Å². The summed E-state index contributed by atoms with van der Waals surface area (Å²) in [6, 6.07) is 11.4. The van der Waals surface area contributed by atoms with Crippen LogP contribution in [-0.4, -0.2) is 28.0 Å². The lowest BCUT2D eigenvalue weighted by atomic mass is 9.78. The summed E-state index contributed by atoms with van der Waals surface area (Å²) < 4.78 is 15.8. The van der Waals surface area contributed by atoms with Crippen LogP contribution in [0.2, 0.25) is 0 Å². The van der Waals surface area contributed by atoms with Crippen molar-refractivity contribution in [3.05, 3.63) is 65.2 Å². The number of halogens is 1. The summed E-state index contributed by atoms with van der Waals surface area (Å²) >= 11 is 0. The second-order valence-corrected chi connectivity index (χ2v) is 7.58. The van der Waals surface area contributed by atoms with Crippen LogP contribution in [0.4, 0.5) is 4.39 Å². The Kier molecular flexibility index (Phi) is 2.76. The standard InChI is InChI=1S/C20H20FN3/c1-20-10-17(13-5-7-14(21)8-6-13)24-18(20)16(11-23(2)12-20)15-4-3-9-22-19(15)24/h3-9,17H,10-12H2,1-2H3. The molecule has 122 valence electrons. The quantitative estimate of drug-likeness (QED) is 0.678. The molecule has 1 aromatic carbocycles. The monoisotopic (exact) mass is 321 g/mol. The van der Waals surface area contributed by atoms with Crippen molar-refractivity contribution >= 4 is 11.0 Å². The average molecular weight is 321 g/mol. The first-order chi connectivity index (χ1) is 11.6. The molecule has 0 amide bonds. The van der Waals surface area contributed by atoms with Gasteiger partial charge in [-0.15, -0.1) is 0 Å². The van der Waals surface area contributed by atoms with Gasteiger partial charge in [-0.3, -0.25) is 0 Å². The van der Waals surface area contributed by atoms with Gasteiger partial charge in [-0.25, -0.2) is 9.37 Å². The van der Waals surface area contributed by atoms with E-state index >= 15 is 0 Å². The minimum Gasteiger partial charge on any atom is -0.321 e. The van der Waals surface area contributed by atoms with Crippen LogP contribution in [0.3, 0.4) is 0 Å². The smallest absolute Gasteiger partial charge is 0.140 e. The Balaban J connectivity index is 1.80. The Labute approximate surface area is 140 Å². The van der Waals surface area contributed by atoms with Gasteiger partial charge in [-0.05, 0) is 48.9 Å². The number of fused-ring (bicyclic) bond motifs is 3. The van der Waals surface area contributed by atoms with Gasteiger partial charge in [0.1, 0.15) is 11.5 Å². The average Bonchev–Trinajstić information content (AvgIpc) is 3.05.